The first-order valence-corrected chi connectivity index (χ1v) is 7.99. The van der Waals surface area contributed by atoms with Crippen LogP contribution < -0.4 is 11.1 Å². The van der Waals surface area contributed by atoms with E-state index in [-0.39, 0.29) is 24.5 Å². The Labute approximate surface area is 138 Å². The summed E-state index contributed by atoms with van der Waals surface area (Å²) in [5, 5.41) is 3.14. The molecule has 0 aliphatic carbocycles. The summed E-state index contributed by atoms with van der Waals surface area (Å²) in [7, 11) is 0. The van der Waals surface area contributed by atoms with Gasteiger partial charge in [0.25, 0.3) is 5.91 Å². The summed E-state index contributed by atoms with van der Waals surface area (Å²) in [5.74, 6) is -0.963. The van der Waals surface area contributed by atoms with Gasteiger partial charge in [0, 0.05) is 23.3 Å². The average molecular weight is 330 g/mol. The minimum atomic E-state index is -0.567. The molecule has 2 rings (SSSR count). The molecule has 2 amide bonds. The van der Waals surface area contributed by atoms with Gasteiger partial charge in [0.2, 0.25) is 5.91 Å². The van der Waals surface area contributed by atoms with E-state index in [0.717, 1.165) is 10.4 Å². The highest BCUT2D eigenvalue weighted by Gasteiger charge is 2.19. The minimum Gasteiger partial charge on any atom is -0.365 e. The Morgan fingerprint density at radius 2 is 1.74 bits per heavy atom. The van der Waals surface area contributed by atoms with Gasteiger partial charge in [-0.05, 0) is 19.4 Å². The molecule has 1 aromatic carbocycles. The van der Waals surface area contributed by atoms with Crippen molar-refractivity contribution in [1.29, 1.82) is 0 Å². The van der Waals surface area contributed by atoms with Gasteiger partial charge >= 0.3 is 0 Å². The zero-order valence-corrected chi connectivity index (χ0v) is 13.8. The van der Waals surface area contributed by atoms with Gasteiger partial charge in [-0.1, -0.05) is 30.3 Å². The van der Waals surface area contributed by atoms with E-state index in [9.17, 15) is 14.4 Å². The molecule has 2 aromatic rings. The van der Waals surface area contributed by atoms with Gasteiger partial charge in [-0.2, -0.15) is 0 Å². The summed E-state index contributed by atoms with van der Waals surface area (Å²) < 4.78 is 0. The van der Waals surface area contributed by atoms with Crippen molar-refractivity contribution in [2.45, 2.75) is 26.7 Å². The number of benzene rings is 1. The highest BCUT2D eigenvalue weighted by atomic mass is 32.1. The first kappa shape index (κ1) is 16.9. The zero-order valence-electron chi connectivity index (χ0n) is 13.0. The highest BCUT2D eigenvalue weighted by Crippen LogP contribution is 2.32. The van der Waals surface area contributed by atoms with Crippen LogP contribution in [0.15, 0.2) is 30.3 Å². The third-order valence-electron chi connectivity index (χ3n) is 3.56. The first-order valence-electron chi connectivity index (χ1n) is 7.18. The van der Waals surface area contributed by atoms with Crippen LogP contribution in [0.3, 0.4) is 0 Å². The number of carbonyl (C=O) groups excluding carboxylic acids is 3. The second kappa shape index (κ2) is 7.19. The van der Waals surface area contributed by atoms with Crippen molar-refractivity contribution in [2.24, 2.45) is 5.73 Å². The average Bonchev–Trinajstić information content (AvgIpc) is 2.80. The van der Waals surface area contributed by atoms with Crippen LogP contribution in [0.5, 0.6) is 0 Å². The Balaban J connectivity index is 2.00. The van der Waals surface area contributed by atoms with Gasteiger partial charge in [-0.3, -0.25) is 14.4 Å². The first-order chi connectivity index (χ1) is 10.9. The molecule has 6 heteroatoms. The van der Waals surface area contributed by atoms with Crippen LogP contribution >= 0.6 is 11.3 Å². The van der Waals surface area contributed by atoms with E-state index in [2.05, 4.69) is 5.32 Å². The Bertz CT molecular complexity index is 751. The van der Waals surface area contributed by atoms with Crippen LogP contribution in [0.25, 0.3) is 0 Å². The van der Waals surface area contributed by atoms with Crippen LogP contribution in [-0.4, -0.2) is 17.6 Å². The number of Topliss-reactive ketones (excluding diaryl/α,β-unsaturated/α-hetero) is 1. The number of anilines is 1. The van der Waals surface area contributed by atoms with Crippen molar-refractivity contribution < 1.29 is 14.4 Å². The molecule has 0 saturated heterocycles. The lowest BCUT2D eigenvalue weighted by atomic mass is 10.1. The number of aryl methyl sites for hydroxylation is 1. The van der Waals surface area contributed by atoms with Gasteiger partial charge in [0.05, 0.1) is 5.56 Å². The smallest absolute Gasteiger partial charge is 0.251 e. The van der Waals surface area contributed by atoms with Gasteiger partial charge < -0.3 is 11.1 Å². The predicted molar refractivity (Wildman–Crippen MR) is 90.9 cm³/mol. The third-order valence-corrected chi connectivity index (χ3v) is 4.68. The maximum Gasteiger partial charge on any atom is 0.251 e. The Morgan fingerprint density at radius 3 is 2.35 bits per heavy atom. The fourth-order valence-corrected chi connectivity index (χ4v) is 3.28. The van der Waals surface area contributed by atoms with Crippen molar-refractivity contribution in [3.05, 3.63) is 51.9 Å². The lowest BCUT2D eigenvalue weighted by Crippen LogP contribution is -2.18. The van der Waals surface area contributed by atoms with Crippen molar-refractivity contribution >= 4 is 33.9 Å². The normalized spacial score (nSPS) is 10.3. The number of primary amides is 1. The fourth-order valence-electron chi connectivity index (χ4n) is 2.20. The monoisotopic (exact) mass is 330 g/mol. The number of carbonyl (C=O) groups is 3. The lowest BCUT2D eigenvalue weighted by molar-refractivity contribution is -0.116. The lowest BCUT2D eigenvalue weighted by Gasteiger charge is -2.05. The molecular weight excluding hydrogens is 312 g/mol. The molecule has 0 atom stereocenters. The topological polar surface area (TPSA) is 89.3 Å². The highest BCUT2D eigenvalue weighted by molar-refractivity contribution is 7.16. The molecular formula is C17H18N2O3S. The zero-order chi connectivity index (χ0) is 17.0. The standard InChI is InChI=1S/C17H18N2O3S/c1-10-11(2)23-17(15(10)16(18)22)19-14(21)9-8-13(20)12-6-4-3-5-7-12/h3-7H,8-9H2,1-2H3,(H2,18,22)(H,19,21). The SMILES string of the molecule is Cc1sc(NC(=O)CCC(=O)c2ccccc2)c(C(N)=O)c1C. The number of nitrogens with two attached hydrogens (primary N) is 1. The van der Waals surface area contributed by atoms with Gasteiger partial charge in [0.1, 0.15) is 5.00 Å². The molecule has 0 radical (unpaired) electrons. The second-order valence-corrected chi connectivity index (χ2v) is 6.41. The van der Waals surface area contributed by atoms with Gasteiger partial charge in [-0.25, -0.2) is 0 Å². The van der Waals surface area contributed by atoms with Crippen LogP contribution in [0.4, 0.5) is 5.00 Å². The Kier molecular flexibility index (Phi) is 5.28. The maximum atomic E-state index is 12.0. The molecule has 0 saturated carbocycles. The molecule has 1 heterocycles. The number of nitrogens with one attached hydrogen (secondary N) is 1. The fraction of sp³-hybridized carbons (Fsp3) is 0.235. The molecule has 120 valence electrons. The van der Waals surface area contributed by atoms with E-state index >= 15 is 0 Å². The number of hydrogen-bond donors (Lipinski definition) is 2. The summed E-state index contributed by atoms with van der Waals surface area (Å²) in [6.07, 6.45) is 0.174. The van der Waals surface area contributed by atoms with E-state index < -0.39 is 5.91 Å². The van der Waals surface area contributed by atoms with Crippen LogP contribution in [-0.2, 0) is 4.79 Å². The predicted octanol–water partition coefficient (Wildman–Crippen LogP) is 3.07. The quantitative estimate of drug-likeness (QED) is 0.798. The molecule has 0 aliphatic heterocycles. The molecule has 0 aliphatic rings. The molecule has 0 unspecified atom stereocenters. The number of thiophene rings is 1. The molecule has 0 bridgehead atoms. The minimum absolute atomic E-state index is 0.0575. The van der Waals surface area contributed by atoms with E-state index in [1.54, 1.807) is 31.2 Å². The Hall–Kier alpha value is -2.47. The summed E-state index contributed by atoms with van der Waals surface area (Å²) in [6.45, 7) is 3.65. The van der Waals surface area contributed by atoms with E-state index in [1.807, 2.05) is 13.0 Å². The van der Waals surface area contributed by atoms with Crippen LogP contribution in [0.2, 0.25) is 0 Å². The third kappa shape index (κ3) is 4.04. The van der Waals surface area contributed by atoms with Gasteiger partial charge in [0.15, 0.2) is 5.78 Å². The van der Waals surface area contributed by atoms with E-state index in [0.29, 0.717) is 16.1 Å². The second-order valence-electron chi connectivity index (χ2n) is 5.19. The summed E-state index contributed by atoms with van der Waals surface area (Å²) in [6, 6.07) is 8.83. The molecule has 5 nitrogen and oxygen atoms in total. The molecule has 1 aromatic heterocycles. The van der Waals surface area contributed by atoms with E-state index in [1.165, 1.54) is 11.3 Å². The number of amides is 2. The summed E-state index contributed by atoms with van der Waals surface area (Å²) in [4.78, 5) is 36.5. The van der Waals surface area contributed by atoms with Crippen LogP contribution in [0, 0.1) is 13.8 Å². The summed E-state index contributed by atoms with van der Waals surface area (Å²) in [5.41, 5.74) is 7.07. The van der Waals surface area contributed by atoms with Crippen molar-refractivity contribution in [1.82, 2.24) is 0 Å². The number of ketones is 1. The summed E-state index contributed by atoms with van der Waals surface area (Å²) >= 11 is 1.31. The van der Waals surface area contributed by atoms with Gasteiger partial charge in [-0.15, -0.1) is 11.3 Å². The number of hydrogen-bond acceptors (Lipinski definition) is 4. The van der Waals surface area contributed by atoms with E-state index in [4.69, 9.17) is 5.73 Å². The number of rotatable bonds is 6. The maximum absolute atomic E-state index is 12.0. The molecule has 0 spiro atoms. The van der Waals surface area contributed by atoms with Crippen molar-refractivity contribution in [2.75, 3.05) is 5.32 Å². The largest absolute Gasteiger partial charge is 0.365 e. The van der Waals surface area contributed by atoms with Crippen molar-refractivity contribution in [3.63, 3.8) is 0 Å². The van der Waals surface area contributed by atoms with Crippen LogP contribution in [0.1, 0.15) is 44.0 Å². The Morgan fingerprint density at radius 1 is 1.09 bits per heavy atom. The molecule has 23 heavy (non-hydrogen) atoms. The molecule has 0 fully saturated rings. The molecule has 3 N–H and O–H groups in total. The van der Waals surface area contributed by atoms with Crippen molar-refractivity contribution in [3.8, 4) is 0 Å².